The second kappa shape index (κ2) is 11.4. The van der Waals surface area contributed by atoms with Crippen molar-refractivity contribution < 1.29 is 22.7 Å². The topological polar surface area (TPSA) is 81.2 Å². The van der Waals surface area contributed by atoms with Crippen molar-refractivity contribution in [2.75, 3.05) is 31.1 Å². The molecule has 3 heterocycles. The molecule has 6 rings (SSSR count). The van der Waals surface area contributed by atoms with Gasteiger partial charge in [-0.1, -0.05) is 48.0 Å². The number of likely N-dealkylation sites (tertiary alicyclic amines) is 1. The molecule has 3 saturated heterocycles. The molecule has 216 valence electrons. The second-order valence-corrected chi connectivity index (χ2v) is 13.5. The van der Waals surface area contributed by atoms with Gasteiger partial charge in [-0.05, 0) is 67.5 Å². The number of hydrogen-bond acceptors (Lipinski definition) is 5. The molecule has 3 aromatic carbocycles. The molecule has 2 bridgehead atoms. The minimum atomic E-state index is -3.72. The molecular weight excluding hydrogens is 565 g/mol. The van der Waals surface area contributed by atoms with Crippen LogP contribution in [0.4, 0.5) is 10.1 Å². The van der Waals surface area contributed by atoms with Gasteiger partial charge in [-0.2, -0.15) is 4.31 Å². The number of amides is 1. The van der Waals surface area contributed by atoms with Crippen LogP contribution in [0.5, 0.6) is 0 Å². The Hall–Kier alpha value is -2.98. The zero-order valence-electron chi connectivity index (χ0n) is 22.6. The van der Waals surface area contributed by atoms with Gasteiger partial charge in [0.1, 0.15) is 5.82 Å². The van der Waals surface area contributed by atoms with E-state index in [2.05, 4.69) is 17.0 Å². The number of rotatable bonds is 6. The van der Waals surface area contributed by atoms with Crippen LogP contribution in [-0.2, 0) is 16.6 Å². The summed E-state index contributed by atoms with van der Waals surface area (Å²) >= 11 is 6.17. The Labute approximate surface area is 245 Å². The Bertz CT molecular complexity index is 1530. The Morgan fingerprint density at radius 1 is 0.927 bits per heavy atom. The maximum absolute atomic E-state index is 13.8. The fraction of sp³-hybridized carbons (Fsp3) is 0.387. The highest BCUT2D eigenvalue weighted by Gasteiger charge is 2.43. The van der Waals surface area contributed by atoms with Crippen molar-refractivity contribution in [1.82, 2.24) is 9.21 Å². The number of anilines is 1. The van der Waals surface area contributed by atoms with Crippen molar-refractivity contribution >= 4 is 33.2 Å². The first-order chi connectivity index (χ1) is 19.8. The van der Waals surface area contributed by atoms with E-state index in [4.69, 9.17) is 11.6 Å². The Morgan fingerprint density at radius 3 is 2.24 bits per heavy atom. The van der Waals surface area contributed by atoms with Crippen LogP contribution in [0.25, 0.3) is 0 Å². The summed E-state index contributed by atoms with van der Waals surface area (Å²) in [6.45, 7) is 1.55. The number of benzene rings is 3. The van der Waals surface area contributed by atoms with Gasteiger partial charge < -0.3 is 14.9 Å². The highest BCUT2D eigenvalue weighted by Crippen LogP contribution is 2.39. The molecule has 2 unspecified atom stereocenters. The number of fused-ring (bicyclic) bond motifs is 2. The number of aliphatic hydroxyl groups is 1. The molecule has 3 aliphatic rings. The molecular formula is C31H33ClFN3O4S. The molecule has 10 heteroatoms. The van der Waals surface area contributed by atoms with E-state index in [0.29, 0.717) is 43.3 Å². The number of aliphatic hydroxyl groups excluding tert-OH is 1. The van der Waals surface area contributed by atoms with Crippen molar-refractivity contribution in [3.63, 3.8) is 0 Å². The normalized spacial score (nSPS) is 21.8. The number of halogens is 2. The molecule has 0 radical (unpaired) electrons. The van der Waals surface area contributed by atoms with Gasteiger partial charge in [0.2, 0.25) is 10.0 Å². The standard InChI is InChI=1S/C31H33ClFN3O4S/c32-29-16-24(33)7-11-28(29)31(38)34-18-25-8-9-26(19-34)36(25)30-17-27(10-6-23(30)20-37)41(39,40)35-14-12-22(13-15-35)21-4-2-1-3-5-21/h1-7,10-11,16-17,22,25-26,37H,8-9,12-15,18-20H2. The number of piperidine rings is 1. The average Bonchev–Trinajstić information content (AvgIpc) is 3.25. The lowest BCUT2D eigenvalue weighted by atomic mass is 9.90. The Balaban J connectivity index is 1.21. The van der Waals surface area contributed by atoms with Crippen molar-refractivity contribution in [2.45, 2.75) is 55.2 Å². The van der Waals surface area contributed by atoms with E-state index < -0.39 is 15.8 Å². The van der Waals surface area contributed by atoms with E-state index in [1.165, 1.54) is 17.7 Å². The third-order valence-electron chi connectivity index (χ3n) is 8.80. The van der Waals surface area contributed by atoms with Crippen LogP contribution >= 0.6 is 11.6 Å². The summed E-state index contributed by atoms with van der Waals surface area (Å²) in [6, 6.07) is 18.9. The van der Waals surface area contributed by atoms with E-state index in [1.807, 2.05) is 18.2 Å². The highest BCUT2D eigenvalue weighted by molar-refractivity contribution is 7.89. The lowest BCUT2D eigenvalue weighted by molar-refractivity contribution is 0.0717. The van der Waals surface area contributed by atoms with Gasteiger partial charge in [-0.3, -0.25) is 4.79 Å². The smallest absolute Gasteiger partial charge is 0.255 e. The minimum Gasteiger partial charge on any atom is -0.392 e. The van der Waals surface area contributed by atoms with Gasteiger partial charge in [-0.15, -0.1) is 0 Å². The largest absolute Gasteiger partial charge is 0.392 e. The third-order valence-corrected chi connectivity index (χ3v) is 11.0. The monoisotopic (exact) mass is 597 g/mol. The number of piperazine rings is 1. The zero-order valence-corrected chi connectivity index (χ0v) is 24.2. The molecule has 7 nitrogen and oxygen atoms in total. The quantitative estimate of drug-likeness (QED) is 0.431. The second-order valence-electron chi connectivity index (χ2n) is 11.2. The van der Waals surface area contributed by atoms with Gasteiger partial charge in [-0.25, -0.2) is 12.8 Å². The highest BCUT2D eigenvalue weighted by atomic mass is 35.5. The minimum absolute atomic E-state index is 0.0400. The molecule has 1 amide bonds. The Kier molecular flexibility index (Phi) is 7.80. The molecule has 0 spiro atoms. The summed E-state index contributed by atoms with van der Waals surface area (Å²) < 4.78 is 42.6. The predicted molar refractivity (Wildman–Crippen MR) is 156 cm³/mol. The van der Waals surface area contributed by atoms with Crippen LogP contribution in [0.15, 0.2) is 71.6 Å². The van der Waals surface area contributed by atoms with E-state index in [1.54, 1.807) is 27.4 Å². The van der Waals surface area contributed by atoms with Crippen LogP contribution in [-0.4, -0.2) is 66.9 Å². The van der Waals surface area contributed by atoms with Gasteiger partial charge in [0.25, 0.3) is 5.91 Å². The summed E-state index contributed by atoms with van der Waals surface area (Å²) in [5.41, 5.74) is 2.87. The van der Waals surface area contributed by atoms with Crippen LogP contribution < -0.4 is 4.90 Å². The van der Waals surface area contributed by atoms with Crippen molar-refractivity contribution in [3.8, 4) is 0 Å². The van der Waals surface area contributed by atoms with Crippen LogP contribution in [0.1, 0.15) is 53.1 Å². The van der Waals surface area contributed by atoms with Gasteiger partial charge in [0, 0.05) is 49.5 Å². The van der Waals surface area contributed by atoms with Gasteiger partial charge in [0.05, 0.1) is 22.1 Å². The number of carbonyl (C=O) groups excluding carboxylic acids is 1. The fourth-order valence-corrected chi connectivity index (χ4v) is 8.42. The molecule has 0 saturated carbocycles. The number of carbonyl (C=O) groups is 1. The number of sulfonamides is 1. The van der Waals surface area contributed by atoms with Gasteiger partial charge >= 0.3 is 0 Å². The fourth-order valence-electron chi connectivity index (χ4n) is 6.68. The lowest BCUT2D eigenvalue weighted by Gasteiger charge is -2.43. The van der Waals surface area contributed by atoms with Crippen molar-refractivity contribution in [3.05, 3.63) is 94.3 Å². The van der Waals surface area contributed by atoms with Gasteiger partial charge in [0.15, 0.2) is 0 Å². The number of nitrogens with zero attached hydrogens (tertiary/aromatic N) is 3. The summed E-state index contributed by atoms with van der Waals surface area (Å²) in [7, 11) is -3.72. The van der Waals surface area contributed by atoms with Crippen LogP contribution in [0.3, 0.4) is 0 Å². The summed E-state index contributed by atoms with van der Waals surface area (Å²) in [6.07, 6.45) is 3.20. The molecule has 41 heavy (non-hydrogen) atoms. The first-order valence-electron chi connectivity index (χ1n) is 14.1. The summed E-state index contributed by atoms with van der Waals surface area (Å²) in [4.78, 5) is 17.4. The van der Waals surface area contributed by atoms with E-state index in [-0.39, 0.29) is 40.1 Å². The Morgan fingerprint density at radius 2 is 1.61 bits per heavy atom. The molecule has 0 aromatic heterocycles. The lowest BCUT2D eigenvalue weighted by Crippen LogP contribution is -2.55. The summed E-state index contributed by atoms with van der Waals surface area (Å²) in [5, 5.41) is 10.2. The predicted octanol–water partition coefficient (Wildman–Crippen LogP) is 5.03. The molecule has 1 N–H and O–H groups in total. The molecule has 3 aromatic rings. The van der Waals surface area contributed by atoms with Crippen LogP contribution in [0, 0.1) is 5.82 Å². The first-order valence-corrected chi connectivity index (χ1v) is 15.9. The van der Waals surface area contributed by atoms with E-state index >= 15 is 0 Å². The van der Waals surface area contributed by atoms with Crippen molar-refractivity contribution in [2.24, 2.45) is 0 Å². The SMILES string of the molecule is O=C(c1ccc(F)cc1Cl)N1CC2CCC(C1)N2c1cc(S(=O)(=O)N2CCC(c3ccccc3)CC2)ccc1CO. The zero-order chi connectivity index (χ0) is 28.7. The van der Waals surface area contributed by atoms with Crippen molar-refractivity contribution in [1.29, 1.82) is 0 Å². The van der Waals surface area contributed by atoms with Crippen LogP contribution in [0.2, 0.25) is 5.02 Å². The molecule has 2 atom stereocenters. The third kappa shape index (κ3) is 5.36. The average molecular weight is 598 g/mol. The maximum atomic E-state index is 13.8. The van der Waals surface area contributed by atoms with E-state index in [0.717, 1.165) is 31.7 Å². The summed E-state index contributed by atoms with van der Waals surface area (Å²) in [5.74, 6) is -0.401. The maximum Gasteiger partial charge on any atom is 0.255 e. The first kappa shape index (κ1) is 28.2. The van der Waals surface area contributed by atoms with E-state index in [9.17, 15) is 22.7 Å². The molecule has 0 aliphatic carbocycles. The number of hydrogen-bond donors (Lipinski definition) is 1. The molecule has 3 aliphatic heterocycles. The molecule has 3 fully saturated rings.